The maximum absolute atomic E-state index is 10.6. The van der Waals surface area contributed by atoms with Gasteiger partial charge in [0.1, 0.15) is 18.1 Å². The molecule has 1 aromatic carbocycles. The summed E-state index contributed by atoms with van der Waals surface area (Å²) < 4.78 is 10.5. The third-order valence-electron chi connectivity index (χ3n) is 2.17. The zero-order valence-corrected chi connectivity index (χ0v) is 9.39. The number of methoxy groups -OCH3 is 1. The quantitative estimate of drug-likeness (QED) is 0.522. The Bertz CT molecular complexity index is 330. The Morgan fingerprint density at radius 1 is 1.38 bits per heavy atom. The highest BCUT2D eigenvalue weighted by Gasteiger charge is 2.05. The van der Waals surface area contributed by atoms with Crippen LogP contribution in [0.1, 0.15) is 12.0 Å². The van der Waals surface area contributed by atoms with Crippen molar-refractivity contribution in [1.29, 1.82) is 0 Å². The fourth-order valence-electron chi connectivity index (χ4n) is 1.25. The van der Waals surface area contributed by atoms with E-state index in [2.05, 4.69) is 6.58 Å². The lowest BCUT2D eigenvalue weighted by Crippen LogP contribution is -2.13. The molecule has 3 nitrogen and oxygen atoms in total. The molecule has 0 spiro atoms. The molecule has 0 amide bonds. The minimum atomic E-state index is -0.403. The molecule has 0 aliphatic rings. The second-order valence-corrected chi connectivity index (χ2v) is 3.36. The zero-order chi connectivity index (χ0) is 11.8. The molecule has 3 heteroatoms. The first-order valence-electron chi connectivity index (χ1n) is 5.11. The van der Waals surface area contributed by atoms with Crippen LogP contribution in [-0.4, -0.2) is 19.5 Å². The second-order valence-electron chi connectivity index (χ2n) is 3.36. The van der Waals surface area contributed by atoms with E-state index in [1.807, 2.05) is 24.3 Å². The summed E-state index contributed by atoms with van der Waals surface area (Å²) in [7, 11) is 1.62. The SMILES string of the molecule is C=CCC(C=O)OCc1ccc(OC)cc1. The van der Waals surface area contributed by atoms with Gasteiger partial charge < -0.3 is 14.3 Å². The lowest BCUT2D eigenvalue weighted by Gasteiger charge is -2.09. The van der Waals surface area contributed by atoms with Gasteiger partial charge in [-0.2, -0.15) is 0 Å². The number of hydrogen-bond acceptors (Lipinski definition) is 3. The van der Waals surface area contributed by atoms with Crippen molar-refractivity contribution < 1.29 is 14.3 Å². The molecule has 16 heavy (non-hydrogen) atoms. The summed E-state index contributed by atoms with van der Waals surface area (Å²) in [6.07, 6.45) is 2.61. The Labute approximate surface area is 95.7 Å². The van der Waals surface area contributed by atoms with E-state index in [1.54, 1.807) is 13.2 Å². The average Bonchev–Trinajstić information content (AvgIpc) is 2.35. The summed E-state index contributed by atoms with van der Waals surface area (Å²) in [6.45, 7) is 3.99. The van der Waals surface area contributed by atoms with E-state index in [0.29, 0.717) is 13.0 Å². The van der Waals surface area contributed by atoms with Gasteiger partial charge in [-0.25, -0.2) is 0 Å². The molecule has 0 N–H and O–H groups in total. The van der Waals surface area contributed by atoms with Crippen LogP contribution in [0.15, 0.2) is 36.9 Å². The Morgan fingerprint density at radius 2 is 2.06 bits per heavy atom. The Morgan fingerprint density at radius 3 is 2.56 bits per heavy atom. The molecule has 1 atom stereocenters. The summed E-state index contributed by atoms with van der Waals surface area (Å²) in [5.74, 6) is 0.807. The van der Waals surface area contributed by atoms with Gasteiger partial charge in [-0.05, 0) is 24.1 Å². The van der Waals surface area contributed by atoms with E-state index in [-0.39, 0.29) is 0 Å². The molecule has 1 unspecified atom stereocenters. The van der Waals surface area contributed by atoms with Crippen molar-refractivity contribution in [1.82, 2.24) is 0 Å². The molecular formula is C13H16O3. The van der Waals surface area contributed by atoms with Crippen LogP contribution in [0.2, 0.25) is 0 Å². The fourth-order valence-corrected chi connectivity index (χ4v) is 1.25. The molecule has 0 bridgehead atoms. The molecule has 0 aromatic heterocycles. The van der Waals surface area contributed by atoms with Crippen molar-refractivity contribution in [3.8, 4) is 5.75 Å². The predicted molar refractivity (Wildman–Crippen MR) is 62.4 cm³/mol. The maximum atomic E-state index is 10.6. The van der Waals surface area contributed by atoms with E-state index < -0.39 is 6.10 Å². The predicted octanol–water partition coefficient (Wildman–Crippen LogP) is 2.36. The smallest absolute Gasteiger partial charge is 0.149 e. The second kappa shape index (κ2) is 6.80. The lowest BCUT2D eigenvalue weighted by atomic mass is 10.2. The molecule has 86 valence electrons. The van der Waals surface area contributed by atoms with Crippen LogP contribution in [0.5, 0.6) is 5.75 Å². The molecule has 0 fully saturated rings. The van der Waals surface area contributed by atoms with E-state index in [0.717, 1.165) is 17.6 Å². The van der Waals surface area contributed by atoms with Crippen molar-refractivity contribution >= 4 is 6.29 Å². The molecule has 0 saturated carbocycles. The average molecular weight is 220 g/mol. The molecule has 0 aliphatic heterocycles. The minimum absolute atomic E-state index is 0.403. The number of rotatable bonds is 7. The largest absolute Gasteiger partial charge is 0.497 e. The normalized spacial score (nSPS) is 11.8. The van der Waals surface area contributed by atoms with Crippen molar-refractivity contribution in [3.63, 3.8) is 0 Å². The van der Waals surface area contributed by atoms with Gasteiger partial charge in [0, 0.05) is 0 Å². The van der Waals surface area contributed by atoms with Gasteiger partial charge in [0.2, 0.25) is 0 Å². The van der Waals surface area contributed by atoms with E-state index >= 15 is 0 Å². The first kappa shape index (κ1) is 12.5. The van der Waals surface area contributed by atoms with Gasteiger partial charge in [-0.3, -0.25) is 0 Å². The Kier molecular flexibility index (Phi) is 5.29. The molecule has 0 aliphatic carbocycles. The van der Waals surface area contributed by atoms with Gasteiger partial charge in [-0.1, -0.05) is 18.2 Å². The van der Waals surface area contributed by atoms with Crippen LogP contribution in [0.25, 0.3) is 0 Å². The number of carbonyl (C=O) groups is 1. The zero-order valence-electron chi connectivity index (χ0n) is 9.39. The van der Waals surface area contributed by atoms with Gasteiger partial charge in [0.15, 0.2) is 0 Å². The molecule has 0 heterocycles. The van der Waals surface area contributed by atoms with E-state index in [4.69, 9.17) is 9.47 Å². The van der Waals surface area contributed by atoms with Crippen molar-refractivity contribution in [3.05, 3.63) is 42.5 Å². The summed E-state index contributed by atoms with van der Waals surface area (Å²) in [4.78, 5) is 10.6. The summed E-state index contributed by atoms with van der Waals surface area (Å²) >= 11 is 0. The topological polar surface area (TPSA) is 35.5 Å². The number of ether oxygens (including phenoxy) is 2. The van der Waals surface area contributed by atoms with Gasteiger partial charge in [0.25, 0.3) is 0 Å². The summed E-state index contributed by atoms with van der Waals surface area (Å²) in [5, 5.41) is 0. The molecular weight excluding hydrogens is 204 g/mol. The van der Waals surface area contributed by atoms with Crippen LogP contribution in [-0.2, 0) is 16.1 Å². The highest BCUT2D eigenvalue weighted by molar-refractivity contribution is 5.56. The first-order chi connectivity index (χ1) is 7.80. The number of aldehydes is 1. The van der Waals surface area contributed by atoms with Crippen molar-refractivity contribution in [2.24, 2.45) is 0 Å². The standard InChI is InChI=1S/C13H16O3/c1-3-4-13(9-14)16-10-11-5-7-12(15-2)8-6-11/h3,5-9,13H,1,4,10H2,2H3. The number of carbonyl (C=O) groups excluding carboxylic acids is 1. The Hall–Kier alpha value is -1.61. The van der Waals surface area contributed by atoms with Gasteiger partial charge in [-0.15, -0.1) is 6.58 Å². The van der Waals surface area contributed by atoms with Crippen LogP contribution in [0.3, 0.4) is 0 Å². The van der Waals surface area contributed by atoms with Gasteiger partial charge in [0.05, 0.1) is 13.7 Å². The van der Waals surface area contributed by atoms with Crippen LogP contribution >= 0.6 is 0 Å². The highest BCUT2D eigenvalue weighted by atomic mass is 16.5. The Balaban J connectivity index is 2.46. The van der Waals surface area contributed by atoms with Crippen molar-refractivity contribution in [2.75, 3.05) is 7.11 Å². The first-order valence-corrected chi connectivity index (χ1v) is 5.11. The van der Waals surface area contributed by atoms with E-state index in [1.165, 1.54) is 0 Å². The summed E-state index contributed by atoms with van der Waals surface area (Å²) in [5.41, 5.74) is 1.01. The van der Waals surface area contributed by atoms with Crippen LogP contribution < -0.4 is 4.74 Å². The van der Waals surface area contributed by atoms with Crippen LogP contribution in [0, 0.1) is 0 Å². The van der Waals surface area contributed by atoms with E-state index in [9.17, 15) is 4.79 Å². The number of benzene rings is 1. The molecule has 1 aromatic rings. The molecule has 1 rings (SSSR count). The maximum Gasteiger partial charge on any atom is 0.149 e. The van der Waals surface area contributed by atoms with Crippen LogP contribution in [0.4, 0.5) is 0 Å². The fraction of sp³-hybridized carbons (Fsp3) is 0.308. The monoisotopic (exact) mass is 220 g/mol. The number of hydrogen-bond donors (Lipinski definition) is 0. The minimum Gasteiger partial charge on any atom is -0.497 e. The summed E-state index contributed by atoms with van der Waals surface area (Å²) in [6, 6.07) is 7.55. The van der Waals surface area contributed by atoms with Crippen molar-refractivity contribution in [2.45, 2.75) is 19.1 Å². The lowest BCUT2D eigenvalue weighted by molar-refractivity contribution is -0.118. The highest BCUT2D eigenvalue weighted by Crippen LogP contribution is 2.12. The third kappa shape index (κ3) is 3.87. The molecule has 0 saturated heterocycles. The van der Waals surface area contributed by atoms with Gasteiger partial charge >= 0.3 is 0 Å². The molecule has 0 radical (unpaired) electrons. The third-order valence-corrected chi connectivity index (χ3v) is 2.17.